The lowest BCUT2D eigenvalue weighted by Gasteiger charge is -2.40. The number of fused-ring (bicyclic) bond motifs is 2. The fourth-order valence-electron chi connectivity index (χ4n) is 4.48. The van der Waals surface area contributed by atoms with Crippen LogP contribution in [0.4, 0.5) is 5.82 Å². The second-order valence-corrected chi connectivity index (χ2v) is 8.18. The standard InChI is InChI=1S/C19H20BrN5/c1-13-17(20)25-16(3-7-22-25)18(23-13)24-8-4-19(5-9-24)10-14-2-6-21-12-15(14)11-19/h2-3,6-7,12H,4-5,8-11H2,1H3. The summed E-state index contributed by atoms with van der Waals surface area (Å²) < 4.78 is 2.88. The Hall–Kier alpha value is -1.95. The van der Waals surface area contributed by atoms with E-state index >= 15 is 0 Å². The summed E-state index contributed by atoms with van der Waals surface area (Å²) in [5, 5.41) is 4.43. The van der Waals surface area contributed by atoms with Gasteiger partial charge in [0.1, 0.15) is 10.1 Å². The number of pyridine rings is 1. The van der Waals surface area contributed by atoms with Crippen molar-refractivity contribution >= 4 is 27.3 Å². The molecule has 1 aliphatic carbocycles. The Morgan fingerprint density at radius 2 is 1.88 bits per heavy atom. The zero-order chi connectivity index (χ0) is 17.0. The van der Waals surface area contributed by atoms with Gasteiger partial charge in [0.15, 0.2) is 5.82 Å². The Kier molecular flexibility index (Phi) is 3.39. The van der Waals surface area contributed by atoms with Crippen LogP contribution < -0.4 is 4.90 Å². The number of anilines is 1. The van der Waals surface area contributed by atoms with Crippen molar-refractivity contribution in [3.05, 3.63) is 52.1 Å². The zero-order valence-electron chi connectivity index (χ0n) is 14.2. The highest BCUT2D eigenvalue weighted by Crippen LogP contribution is 2.45. The number of nitrogens with zero attached hydrogens (tertiary/aromatic N) is 5. The molecule has 0 radical (unpaired) electrons. The van der Waals surface area contributed by atoms with Crippen LogP contribution in [0, 0.1) is 12.3 Å². The Morgan fingerprint density at radius 3 is 2.68 bits per heavy atom. The first kappa shape index (κ1) is 15.3. The van der Waals surface area contributed by atoms with Crippen LogP contribution in [-0.2, 0) is 12.8 Å². The molecule has 4 heterocycles. The lowest BCUT2D eigenvalue weighted by Crippen LogP contribution is -2.41. The van der Waals surface area contributed by atoms with Gasteiger partial charge in [-0.1, -0.05) is 0 Å². The molecular formula is C19H20BrN5. The lowest BCUT2D eigenvalue weighted by atomic mass is 9.76. The second-order valence-electron chi connectivity index (χ2n) is 7.42. The molecule has 5 nitrogen and oxygen atoms in total. The normalized spacial score (nSPS) is 18.9. The van der Waals surface area contributed by atoms with Crippen molar-refractivity contribution in [2.75, 3.05) is 18.0 Å². The van der Waals surface area contributed by atoms with Gasteiger partial charge in [0.05, 0.1) is 11.9 Å². The van der Waals surface area contributed by atoms with Crippen molar-refractivity contribution in [1.29, 1.82) is 0 Å². The van der Waals surface area contributed by atoms with Crippen LogP contribution in [-0.4, -0.2) is 32.7 Å². The third kappa shape index (κ3) is 2.38. The van der Waals surface area contributed by atoms with Crippen molar-refractivity contribution in [1.82, 2.24) is 19.6 Å². The molecule has 6 heteroatoms. The van der Waals surface area contributed by atoms with Crippen molar-refractivity contribution in [3.63, 3.8) is 0 Å². The zero-order valence-corrected chi connectivity index (χ0v) is 15.8. The predicted molar refractivity (Wildman–Crippen MR) is 101 cm³/mol. The molecule has 128 valence electrons. The van der Waals surface area contributed by atoms with Crippen LogP contribution >= 0.6 is 15.9 Å². The first-order chi connectivity index (χ1) is 12.2. The molecule has 0 bridgehead atoms. The van der Waals surface area contributed by atoms with Gasteiger partial charge < -0.3 is 4.90 Å². The molecule has 1 fully saturated rings. The van der Waals surface area contributed by atoms with E-state index < -0.39 is 0 Å². The van der Waals surface area contributed by atoms with Crippen LogP contribution in [0.3, 0.4) is 0 Å². The van der Waals surface area contributed by atoms with Gasteiger partial charge in [-0.2, -0.15) is 5.10 Å². The molecule has 0 unspecified atom stereocenters. The first-order valence-electron chi connectivity index (χ1n) is 8.82. The molecule has 1 aliphatic heterocycles. The summed E-state index contributed by atoms with van der Waals surface area (Å²) in [5.41, 5.74) is 5.42. The average molecular weight is 398 g/mol. The Morgan fingerprint density at radius 1 is 1.08 bits per heavy atom. The number of rotatable bonds is 1. The third-order valence-corrected chi connectivity index (χ3v) is 6.80. The summed E-state index contributed by atoms with van der Waals surface area (Å²) >= 11 is 3.60. The van der Waals surface area contributed by atoms with E-state index in [1.807, 2.05) is 29.9 Å². The molecular weight excluding hydrogens is 378 g/mol. The molecule has 3 aromatic rings. The van der Waals surface area contributed by atoms with E-state index in [4.69, 9.17) is 4.98 Å². The van der Waals surface area contributed by atoms with E-state index in [9.17, 15) is 0 Å². The monoisotopic (exact) mass is 397 g/mol. The highest BCUT2D eigenvalue weighted by Gasteiger charge is 2.40. The van der Waals surface area contributed by atoms with Crippen LogP contribution in [0.15, 0.2) is 35.3 Å². The Labute approximate surface area is 155 Å². The second kappa shape index (κ2) is 5.53. The summed E-state index contributed by atoms with van der Waals surface area (Å²) in [5.74, 6) is 1.06. The molecule has 0 saturated carbocycles. The Bertz CT molecular complexity index is 929. The number of halogens is 1. The van der Waals surface area contributed by atoms with E-state index in [2.05, 4.69) is 43.2 Å². The number of aryl methyl sites for hydroxylation is 1. The van der Waals surface area contributed by atoms with Crippen molar-refractivity contribution in [3.8, 4) is 0 Å². The average Bonchev–Trinajstić information content (AvgIpc) is 3.23. The molecule has 25 heavy (non-hydrogen) atoms. The van der Waals surface area contributed by atoms with Gasteiger partial charge in [-0.3, -0.25) is 4.98 Å². The fourth-order valence-corrected chi connectivity index (χ4v) is 4.85. The number of aromatic nitrogens is 4. The molecule has 5 rings (SSSR count). The van der Waals surface area contributed by atoms with Gasteiger partial charge in [0.25, 0.3) is 0 Å². The quantitative estimate of drug-likeness (QED) is 0.629. The summed E-state index contributed by atoms with van der Waals surface area (Å²) in [6.45, 7) is 4.13. The van der Waals surface area contributed by atoms with Gasteiger partial charge in [-0.25, -0.2) is 9.50 Å². The van der Waals surface area contributed by atoms with E-state index in [-0.39, 0.29) is 0 Å². The number of hydrogen-bond acceptors (Lipinski definition) is 4. The lowest BCUT2D eigenvalue weighted by molar-refractivity contribution is 0.232. The van der Waals surface area contributed by atoms with Gasteiger partial charge in [0, 0.05) is 25.5 Å². The largest absolute Gasteiger partial charge is 0.355 e. The van der Waals surface area contributed by atoms with Gasteiger partial charge in [0.2, 0.25) is 0 Å². The molecule has 2 aliphatic rings. The minimum atomic E-state index is 0.419. The first-order valence-corrected chi connectivity index (χ1v) is 9.61. The maximum Gasteiger partial charge on any atom is 0.155 e. The van der Waals surface area contributed by atoms with E-state index in [1.165, 1.54) is 36.8 Å². The predicted octanol–water partition coefficient (Wildman–Crippen LogP) is 3.58. The minimum Gasteiger partial charge on any atom is -0.355 e. The smallest absolute Gasteiger partial charge is 0.155 e. The SMILES string of the molecule is Cc1nc(N2CCC3(CC2)Cc2ccncc2C3)c2ccnn2c1Br. The highest BCUT2D eigenvalue weighted by molar-refractivity contribution is 9.10. The molecule has 1 saturated heterocycles. The van der Waals surface area contributed by atoms with Crippen LogP contribution in [0.5, 0.6) is 0 Å². The molecule has 0 amide bonds. The molecule has 0 aromatic carbocycles. The van der Waals surface area contributed by atoms with E-state index in [0.29, 0.717) is 5.41 Å². The van der Waals surface area contributed by atoms with Gasteiger partial charge in [-0.15, -0.1) is 0 Å². The van der Waals surface area contributed by atoms with Crippen LogP contribution in [0.2, 0.25) is 0 Å². The van der Waals surface area contributed by atoms with Crippen molar-refractivity contribution < 1.29 is 0 Å². The van der Waals surface area contributed by atoms with E-state index in [1.54, 1.807) is 0 Å². The maximum absolute atomic E-state index is 4.86. The summed E-state index contributed by atoms with van der Waals surface area (Å²) in [6.07, 6.45) is 10.6. The molecule has 1 spiro atoms. The van der Waals surface area contributed by atoms with Crippen molar-refractivity contribution in [2.45, 2.75) is 32.6 Å². The molecule has 0 atom stereocenters. The summed E-state index contributed by atoms with van der Waals surface area (Å²) in [7, 11) is 0. The third-order valence-electron chi connectivity index (χ3n) is 5.89. The van der Waals surface area contributed by atoms with Crippen LogP contribution in [0.25, 0.3) is 5.52 Å². The summed E-state index contributed by atoms with van der Waals surface area (Å²) in [4.78, 5) is 11.6. The topological polar surface area (TPSA) is 46.3 Å². The fraction of sp³-hybridized carbons (Fsp3) is 0.421. The van der Waals surface area contributed by atoms with Crippen molar-refractivity contribution in [2.24, 2.45) is 5.41 Å². The Balaban J connectivity index is 1.42. The van der Waals surface area contributed by atoms with Gasteiger partial charge >= 0.3 is 0 Å². The number of piperidine rings is 1. The minimum absolute atomic E-state index is 0.419. The van der Waals surface area contributed by atoms with Crippen LogP contribution in [0.1, 0.15) is 29.7 Å². The molecule has 3 aromatic heterocycles. The summed E-state index contributed by atoms with van der Waals surface area (Å²) in [6, 6.07) is 4.25. The van der Waals surface area contributed by atoms with E-state index in [0.717, 1.165) is 34.7 Å². The highest BCUT2D eigenvalue weighted by atomic mass is 79.9. The number of hydrogen-bond donors (Lipinski definition) is 0. The molecule has 0 N–H and O–H groups in total. The maximum atomic E-state index is 4.86. The van der Waals surface area contributed by atoms with Gasteiger partial charge in [-0.05, 0) is 77.2 Å².